The van der Waals surface area contributed by atoms with Gasteiger partial charge in [0.15, 0.2) is 9.84 Å². The molecule has 0 spiro atoms. The first-order valence-electron chi connectivity index (χ1n) is 7.06. The molecule has 2 aromatic rings. The quantitative estimate of drug-likeness (QED) is 0.813. The van der Waals surface area contributed by atoms with E-state index >= 15 is 0 Å². The van der Waals surface area contributed by atoms with Crippen LogP contribution >= 0.6 is 11.6 Å². The molecule has 0 aliphatic carbocycles. The summed E-state index contributed by atoms with van der Waals surface area (Å²) in [6, 6.07) is 13.4. The van der Waals surface area contributed by atoms with Gasteiger partial charge in [0.2, 0.25) is 0 Å². The van der Waals surface area contributed by atoms with Crippen LogP contribution in [0.5, 0.6) is 0 Å². The average Bonchev–Trinajstić information content (AvgIpc) is 2.88. The van der Waals surface area contributed by atoms with Crippen molar-refractivity contribution < 1.29 is 16.8 Å². The Labute approximate surface area is 146 Å². The lowest BCUT2D eigenvalue weighted by Crippen LogP contribution is -2.41. The Hall–Kier alpha value is -1.83. The van der Waals surface area contributed by atoms with Crippen LogP contribution in [0.3, 0.4) is 0 Å². The summed E-state index contributed by atoms with van der Waals surface area (Å²) in [5, 5.41) is 1.48. The van der Waals surface area contributed by atoms with Crippen LogP contribution in [0.25, 0.3) is 0 Å². The molecule has 2 aromatic carbocycles. The Kier molecular flexibility index (Phi) is 4.42. The molecule has 24 heavy (non-hydrogen) atoms. The third kappa shape index (κ3) is 3.33. The molecule has 0 saturated carbocycles. The van der Waals surface area contributed by atoms with Gasteiger partial charge in [-0.2, -0.15) is 0 Å². The first-order chi connectivity index (χ1) is 11.3. The largest absolute Gasteiger partial charge is 0.264 e. The number of sulfone groups is 1. The van der Waals surface area contributed by atoms with Gasteiger partial charge in [-0.15, -0.1) is 0 Å². The first kappa shape index (κ1) is 17.0. The topological polar surface area (TPSA) is 71.5 Å². The molecule has 1 heterocycles. The summed E-state index contributed by atoms with van der Waals surface area (Å²) in [6.07, 6.45) is 1.40. The van der Waals surface area contributed by atoms with E-state index < -0.39 is 25.9 Å². The van der Waals surface area contributed by atoms with E-state index in [1.807, 2.05) is 0 Å². The summed E-state index contributed by atoms with van der Waals surface area (Å²) in [5.41, 5.74) is 0.402. The summed E-state index contributed by atoms with van der Waals surface area (Å²) in [6.45, 7) is 0. The van der Waals surface area contributed by atoms with Gasteiger partial charge in [-0.1, -0.05) is 29.8 Å². The van der Waals surface area contributed by atoms with Crippen molar-refractivity contribution >= 4 is 37.1 Å². The van der Waals surface area contributed by atoms with Gasteiger partial charge in [0.25, 0.3) is 10.0 Å². The van der Waals surface area contributed by atoms with Gasteiger partial charge in [-0.05, 0) is 42.5 Å². The van der Waals surface area contributed by atoms with Gasteiger partial charge in [-0.25, -0.2) is 16.8 Å². The van der Waals surface area contributed by atoms with Crippen LogP contribution in [0.15, 0.2) is 71.0 Å². The van der Waals surface area contributed by atoms with Crippen LogP contribution in [0.4, 0.5) is 5.69 Å². The molecule has 0 saturated heterocycles. The zero-order valence-electron chi connectivity index (χ0n) is 12.4. The lowest BCUT2D eigenvalue weighted by atomic mass is 10.2. The maximum atomic E-state index is 13.1. The molecule has 1 aliphatic rings. The van der Waals surface area contributed by atoms with Crippen molar-refractivity contribution in [3.63, 3.8) is 0 Å². The Morgan fingerprint density at radius 3 is 2.17 bits per heavy atom. The molecule has 3 rings (SSSR count). The summed E-state index contributed by atoms with van der Waals surface area (Å²) < 4.78 is 50.8. The number of halogens is 1. The molecular formula is C16H14ClNO4S2. The molecule has 0 radical (unpaired) electrons. The van der Waals surface area contributed by atoms with Crippen molar-refractivity contribution in [2.24, 2.45) is 0 Å². The zero-order chi connectivity index (χ0) is 17.4. The molecule has 5 nitrogen and oxygen atoms in total. The average molecular weight is 384 g/mol. The number of hydrogen-bond donors (Lipinski definition) is 0. The van der Waals surface area contributed by atoms with Crippen molar-refractivity contribution in [2.45, 2.75) is 10.9 Å². The number of rotatable bonds is 4. The van der Waals surface area contributed by atoms with E-state index in [2.05, 4.69) is 0 Å². The second kappa shape index (κ2) is 6.23. The summed E-state index contributed by atoms with van der Waals surface area (Å²) in [5.74, 6) is -0.283. The van der Waals surface area contributed by atoms with Gasteiger partial charge in [-0.3, -0.25) is 4.31 Å². The fraction of sp³-hybridized carbons (Fsp3) is 0.125. The number of benzene rings is 2. The minimum absolute atomic E-state index is 0.0495. The van der Waals surface area contributed by atoms with E-state index in [4.69, 9.17) is 11.6 Å². The van der Waals surface area contributed by atoms with Crippen LogP contribution in [0, 0.1) is 0 Å². The van der Waals surface area contributed by atoms with Crippen molar-refractivity contribution in [3.8, 4) is 0 Å². The Morgan fingerprint density at radius 1 is 1.00 bits per heavy atom. The van der Waals surface area contributed by atoms with Gasteiger partial charge in [0, 0.05) is 10.4 Å². The zero-order valence-corrected chi connectivity index (χ0v) is 14.8. The minimum Gasteiger partial charge on any atom is -0.258 e. The minimum atomic E-state index is -3.95. The molecule has 1 atom stereocenters. The highest BCUT2D eigenvalue weighted by Gasteiger charge is 2.35. The van der Waals surface area contributed by atoms with Crippen LogP contribution < -0.4 is 4.31 Å². The highest BCUT2D eigenvalue weighted by molar-refractivity contribution is 7.95. The van der Waals surface area contributed by atoms with E-state index in [0.717, 1.165) is 9.71 Å². The molecule has 1 aliphatic heterocycles. The van der Waals surface area contributed by atoms with Crippen LogP contribution in [-0.4, -0.2) is 28.6 Å². The van der Waals surface area contributed by atoms with E-state index in [-0.39, 0.29) is 10.6 Å². The lowest BCUT2D eigenvalue weighted by molar-refractivity contribution is 0.586. The highest BCUT2D eigenvalue weighted by Crippen LogP contribution is 2.29. The predicted molar refractivity (Wildman–Crippen MR) is 94.3 cm³/mol. The number of anilines is 1. The Balaban J connectivity index is 2.11. The molecule has 0 N–H and O–H groups in total. The lowest BCUT2D eigenvalue weighted by Gasteiger charge is -2.29. The molecule has 1 unspecified atom stereocenters. The van der Waals surface area contributed by atoms with Gasteiger partial charge >= 0.3 is 0 Å². The fourth-order valence-electron chi connectivity index (χ4n) is 2.51. The second-order valence-electron chi connectivity index (χ2n) is 5.32. The van der Waals surface area contributed by atoms with Gasteiger partial charge < -0.3 is 0 Å². The summed E-state index contributed by atoms with van der Waals surface area (Å²) >= 11 is 5.82. The van der Waals surface area contributed by atoms with E-state index in [1.165, 1.54) is 30.3 Å². The molecule has 126 valence electrons. The fourth-order valence-corrected chi connectivity index (χ4v) is 5.61. The van der Waals surface area contributed by atoms with Crippen molar-refractivity contribution in [3.05, 3.63) is 71.1 Å². The predicted octanol–water partition coefficient (Wildman–Crippen LogP) is 2.85. The van der Waals surface area contributed by atoms with Crippen LogP contribution in [-0.2, 0) is 19.9 Å². The Bertz CT molecular complexity index is 968. The standard InChI is InChI=1S/C16H14ClNO4S2/c17-13-6-8-16(9-7-13)24(21,22)18(14-4-2-1-3-5-14)15-10-11-23(19,20)12-15/h1-11,15H,12H2. The normalized spacial score (nSPS) is 19.3. The third-order valence-electron chi connectivity index (χ3n) is 3.59. The maximum Gasteiger partial charge on any atom is 0.264 e. The monoisotopic (exact) mass is 383 g/mol. The van der Waals surface area contributed by atoms with Crippen LogP contribution in [0.1, 0.15) is 0 Å². The number of nitrogens with zero attached hydrogens (tertiary/aromatic N) is 1. The first-order valence-corrected chi connectivity index (χ1v) is 10.6. The van der Waals surface area contributed by atoms with Gasteiger partial charge in [0.05, 0.1) is 22.4 Å². The summed E-state index contributed by atoms with van der Waals surface area (Å²) in [7, 11) is -7.35. The van der Waals surface area contributed by atoms with Crippen molar-refractivity contribution in [1.29, 1.82) is 0 Å². The molecule has 0 amide bonds. The van der Waals surface area contributed by atoms with Crippen molar-refractivity contribution in [1.82, 2.24) is 0 Å². The molecule has 8 heteroatoms. The van der Waals surface area contributed by atoms with E-state index in [1.54, 1.807) is 30.3 Å². The molecule has 0 fully saturated rings. The van der Waals surface area contributed by atoms with E-state index in [0.29, 0.717) is 10.7 Å². The van der Waals surface area contributed by atoms with E-state index in [9.17, 15) is 16.8 Å². The Morgan fingerprint density at radius 2 is 1.62 bits per heavy atom. The van der Waals surface area contributed by atoms with Crippen molar-refractivity contribution in [2.75, 3.05) is 10.1 Å². The molecular weight excluding hydrogens is 370 g/mol. The smallest absolute Gasteiger partial charge is 0.258 e. The molecule has 0 bridgehead atoms. The highest BCUT2D eigenvalue weighted by atomic mass is 35.5. The number of para-hydroxylation sites is 1. The number of sulfonamides is 1. The second-order valence-corrected chi connectivity index (χ2v) is 9.50. The number of hydrogen-bond acceptors (Lipinski definition) is 4. The van der Waals surface area contributed by atoms with Gasteiger partial charge in [0.1, 0.15) is 0 Å². The third-order valence-corrected chi connectivity index (χ3v) is 7.09. The molecule has 0 aromatic heterocycles. The van der Waals surface area contributed by atoms with Crippen LogP contribution in [0.2, 0.25) is 5.02 Å². The maximum absolute atomic E-state index is 13.1. The SMILES string of the molecule is O=S1(=O)C=CC(N(c2ccccc2)S(=O)(=O)c2ccc(Cl)cc2)C1. The summed E-state index contributed by atoms with van der Waals surface area (Å²) in [4.78, 5) is 0.0495.